The van der Waals surface area contributed by atoms with Gasteiger partial charge in [0.05, 0.1) is 0 Å². The van der Waals surface area contributed by atoms with E-state index in [9.17, 15) is 0 Å². The van der Waals surface area contributed by atoms with Gasteiger partial charge >= 0.3 is 0 Å². The highest BCUT2D eigenvalue weighted by atomic mass is 15.2. The van der Waals surface area contributed by atoms with Gasteiger partial charge in [-0.1, -0.05) is 20.8 Å². The first-order valence-corrected chi connectivity index (χ1v) is 6.57. The van der Waals surface area contributed by atoms with Crippen LogP contribution in [0.15, 0.2) is 12.3 Å². The minimum absolute atomic E-state index is 0.602. The molecule has 90 valence electrons. The van der Waals surface area contributed by atoms with Gasteiger partial charge in [0.25, 0.3) is 0 Å². The molecular weight excluding hydrogens is 196 g/mol. The summed E-state index contributed by atoms with van der Waals surface area (Å²) in [4.78, 5) is 6.09. The lowest BCUT2D eigenvalue weighted by Crippen LogP contribution is -2.44. The molecule has 0 spiro atoms. The highest BCUT2D eigenvalue weighted by Gasteiger charge is 2.33. The monoisotopic (exact) mass is 220 g/mol. The van der Waals surface area contributed by atoms with Crippen molar-refractivity contribution in [1.29, 1.82) is 0 Å². The van der Waals surface area contributed by atoms with E-state index in [4.69, 9.17) is 0 Å². The number of hydrogen-bond donors (Lipinski definition) is 1. The average Bonchev–Trinajstić information content (AvgIpc) is 2.65. The van der Waals surface area contributed by atoms with E-state index in [0.717, 1.165) is 0 Å². The molecule has 2 rings (SSSR count). The molecule has 1 aromatic heterocycles. The van der Waals surface area contributed by atoms with E-state index >= 15 is 0 Å². The Morgan fingerprint density at radius 2 is 2.25 bits per heavy atom. The number of aromatic amines is 1. The van der Waals surface area contributed by atoms with Crippen molar-refractivity contribution in [2.24, 2.45) is 5.92 Å². The van der Waals surface area contributed by atoms with Crippen LogP contribution in [-0.2, 0) is 6.42 Å². The molecule has 0 aliphatic carbocycles. The summed E-state index contributed by atoms with van der Waals surface area (Å²) in [6, 6.07) is 3.54. The zero-order valence-corrected chi connectivity index (χ0v) is 11.0. The Hall–Kier alpha value is -0.760. The van der Waals surface area contributed by atoms with Crippen LogP contribution in [0.25, 0.3) is 0 Å². The van der Waals surface area contributed by atoms with E-state index < -0.39 is 0 Å². The molecule has 1 N–H and O–H groups in total. The molecule has 2 nitrogen and oxygen atoms in total. The molecule has 0 unspecified atom stereocenters. The summed E-state index contributed by atoms with van der Waals surface area (Å²) in [6.07, 6.45) is 4.51. The minimum Gasteiger partial charge on any atom is -0.365 e. The number of nitrogens with one attached hydrogen (secondary N) is 1. The summed E-state index contributed by atoms with van der Waals surface area (Å²) in [5.41, 5.74) is 2.99. The van der Waals surface area contributed by atoms with E-state index in [1.165, 1.54) is 30.6 Å². The Balaban J connectivity index is 2.33. The molecule has 16 heavy (non-hydrogen) atoms. The second-order valence-electron chi connectivity index (χ2n) is 5.39. The summed E-state index contributed by atoms with van der Waals surface area (Å²) in [5.74, 6) is 0.684. The SMILES string of the molecule is CCCN1[C@H](C)Cc2[nH]ccc2[C@H]1C(C)C. The molecule has 0 bridgehead atoms. The zero-order chi connectivity index (χ0) is 11.7. The van der Waals surface area contributed by atoms with Crippen molar-refractivity contribution in [2.45, 2.75) is 52.6 Å². The first kappa shape index (κ1) is 11.7. The topological polar surface area (TPSA) is 19.0 Å². The van der Waals surface area contributed by atoms with Crippen LogP contribution < -0.4 is 0 Å². The van der Waals surface area contributed by atoms with Gasteiger partial charge in [-0.3, -0.25) is 4.90 Å². The fourth-order valence-corrected chi connectivity index (χ4v) is 3.10. The van der Waals surface area contributed by atoms with Crippen molar-refractivity contribution in [3.63, 3.8) is 0 Å². The van der Waals surface area contributed by atoms with Crippen LogP contribution in [0.5, 0.6) is 0 Å². The van der Waals surface area contributed by atoms with E-state index in [0.29, 0.717) is 18.0 Å². The van der Waals surface area contributed by atoms with Crippen molar-refractivity contribution < 1.29 is 0 Å². The fourth-order valence-electron chi connectivity index (χ4n) is 3.10. The molecule has 0 fully saturated rings. The van der Waals surface area contributed by atoms with Gasteiger partial charge in [0.2, 0.25) is 0 Å². The molecule has 2 atom stereocenters. The number of nitrogens with zero attached hydrogens (tertiary/aromatic N) is 1. The molecular formula is C14H24N2. The second kappa shape index (κ2) is 4.62. The van der Waals surface area contributed by atoms with Crippen LogP contribution in [-0.4, -0.2) is 22.5 Å². The summed E-state index contributed by atoms with van der Waals surface area (Å²) >= 11 is 0. The maximum atomic E-state index is 3.41. The Labute approximate surface area is 99.0 Å². The van der Waals surface area contributed by atoms with Crippen LogP contribution in [0.1, 0.15) is 51.4 Å². The van der Waals surface area contributed by atoms with Gasteiger partial charge < -0.3 is 4.98 Å². The Kier molecular flexibility index (Phi) is 3.38. The van der Waals surface area contributed by atoms with Gasteiger partial charge in [-0.2, -0.15) is 0 Å². The van der Waals surface area contributed by atoms with Gasteiger partial charge in [-0.05, 0) is 37.4 Å². The van der Waals surface area contributed by atoms with Crippen molar-refractivity contribution in [3.05, 3.63) is 23.5 Å². The van der Waals surface area contributed by atoms with Gasteiger partial charge in [0.15, 0.2) is 0 Å². The second-order valence-corrected chi connectivity index (χ2v) is 5.39. The molecule has 0 amide bonds. The van der Waals surface area contributed by atoms with Crippen LogP contribution in [0.3, 0.4) is 0 Å². The summed E-state index contributed by atoms with van der Waals surface area (Å²) in [6.45, 7) is 10.5. The van der Waals surface area contributed by atoms with Gasteiger partial charge in [0, 0.05) is 30.4 Å². The highest BCUT2D eigenvalue weighted by Crippen LogP contribution is 2.37. The van der Waals surface area contributed by atoms with Crippen molar-refractivity contribution in [1.82, 2.24) is 9.88 Å². The number of H-pyrrole nitrogens is 1. The van der Waals surface area contributed by atoms with Crippen LogP contribution >= 0.6 is 0 Å². The van der Waals surface area contributed by atoms with E-state index in [1.807, 2.05) is 0 Å². The number of rotatable bonds is 3. The third-order valence-electron chi connectivity index (χ3n) is 3.72. The van der Waals surface area contributed by atoms with E-state index in [1.54, 1.807) is 0 Å². The van der Waals surface area contributed by atoms with Crippen LogP contribution in [0, 0.1) is 5.92 Å². The molecule has 1 aliphatic rings. The smallest absolute Gasteiger partial charge is 0.0391 e. The summed E-state index contributed by atoms with van der Waals surface area (Å²) < 4.78 is 0. The lowest BCUT2D eigenvalue weighted by molar-refractivity contribution is 0.0946. The van der Waals surface area contributed by atoms with Crippen LogP contribution in [0.4, 0.5) is 0 Å². The van der Waals surface area contributed by atoms with E-state index in [2.05, 4.69) is 49.8 Å². The first-order valence-electron chi connectivity index (χ1n) is 6.57. The lowest BCUT2D eigenvalue weighted by atomic mass is 9.87. The molecule has 0 saturated carbocycles. The third-order valence-corrected chi connectivity index (χ3v) is 3.72. The maximum absolute atomic E-state index is 3.41. The molecule has 0 aromatic carbocycles. The predicted octanol–water partition coefficient (Wildman–Crippen LogP) is 3.37. The minimum atomic E-state index is 0.602. The van der Waals surface area contributed by atoms with Crippen molar-refractivity contribution in [3.8, 4) is 0 Å². The number of hydrogen-bond acceptors (Lipinski definition) is 1. The zero-order valence-electron chi connectivity index (χ0n) is 11.0. The van der Waals surface area contributed by atoms with Gasteiger partial charge in [0.1, 0.15) is 0 Å². The molecule has 1 aromatic rings. The fraction of sp³-hybridized carbons (Fsp3) is 0.714. The molecule has 0 saturated heterocycles. The lowest BCUT2D eigenvalue weighted by Gasteiger charge is -2.42. The average molecular weight is 220 g/mol. The third kappa shape index (κ3) is 1.91. The Bertz CT molecular complexity index is 340. The standard InChI is InChI=1S/C14H24N2/c1-5-8-16-11(4)9-13-12(6-7-15-13)14(16)10(2)3/h6-7,10-11,14-15H,5,8-9H2,1-4H3/t11-,14-/m1/s1. The van der Waals surface area contributed by atoms with Gasteiger partial charge in [-0.15, -0.1) is 0 Å². The normalized spacial score (nSPS) is 26.1. The van der Waals surface area contributed by atoms with E-state index in [-0.39, 0.29) is 0 Å². The predicted molar refractivity (Wildman–Crippen MR) is 68.5 cm³/mol. The highest BCUT2D eigenvalue weighted by molar-refractivity contribution is 5.28. The summed E-state index contributed by atoms with van der Waals surface area (Å²) in [5, 5.41) is 0. The maximum Gasteiger partial charge on any atom is 0.0391 e. The molecule has 0 radical (unpaired) electrons. The number of fused-ring (bicyclic) bond motifs is 1. The summed E-state index contributed by atoms with van der Waals surface area (Å²) in [7, 11) is 0. The van der Waals surface area contributed by atoms with Crippen molar-refractivity contribution >= 4 is 0 Å². The molecule has 1 aliphatic heterocycles. The molecule has 2 heteroatoms. The first-order chi connectivity index (χ1) is 7.65. The van der Waals surface area contributed by atoms with Crippen LogP contribution in [0.2, 0.25) is 0 Å². The number of aromatic nitrogens is 1. The van der Waals surface area contributed by atoms with Gasteiger partial charge in [-0.25, -0.2) is 0 Å². The quantitative estimate of drug-likeness (QED) is 0.827. The Morgan fingerprint density at radius 1 is 1.50 bits per heavy atom. The Morgan fingerprint density at radius 3 is 2.88 bits per heavy atom. The van der Waals surface area contributed by atoms with Crippen molar-refractivity contribution in [2.75, 3.05) is 6.54 Å². The largest absolute Gasteiger partial charge is 0.365 e. The molecule has 2 heterocycles.